The number of nitrogens with one attached hydrogen (secondary N) is 1. The van der Waals surface area contributed by atoms with Gasteiger partial charge in [-0.1, -0.05) is 20.3 Å². The lowest BCUT2D eigenvalue weighted by molar-refractivity contribution is -0.118. The number of anilines is 1. The minimum atomic E-state index is -0.502. The number of benzene rings is 1. The first-order chi connectivity index (χ1) is 10.6. The molecule has 0 saturated carbocycles. The van der Waals surface area contributed by atoms with Crippen LogP contribution in [0.4, 0.5) is 5.69 Å². The second kappa shape index (κ2) is 9.12. The van der Waals surface area contributed by atoms with E-state index in [0.717, 1.165) is 6.42 Å². The molecule has 5 nitrogen and oxygen atoms in total. The quantitative estimate of drug-likeness (QED) is 0.845. The third-order valence-corrected chi connectivity index (χ3v) is 3.57. The zero-order valence-electron chi connectivity index (χ0n) is 13.2. The summed E-state index contributed by atoms with van der Waals surface area (Å²) in [6.45, 7) is 3.99. The van der Waals surface area contributed by atoms with Crippen molar-refractivity contribution in [2.45, 2.75) is 26.3 Å². The molecule has 1 aromatic heterocycles. The zero-order valence-corrected chi connectivity index (χ0v) is 14.0. The average molecular weight is 336 g/mol. The van der Waals surface area contributed by atoms with Crippen molar-refractivity contribution >= 4 is 24.0 Å². The standard InChI is InChI=1S/C17H21N3O2.ClH/c1-3-12(2)16(18)17(21)20-13-4-6-14(7-5-13)22-15-8-10-19-11-9-15;/h4-12,16H,3,18H2,1-2H3,(H,20,21);1H. The van der Waals surface area contributed by atoms with Gasteiger partial charge in [0.15, 0.2) is 0 Å². The lowest BCUT2D eigenvalue weighted by Crippen LogP contribution is -2.40. The van der Waals surface area contributed by atoms with E-state index < -0.39 is 6.04 Å². The molecule has 0 spiro atoms. The Kier molecular flexibility index (Phi) is 7.51. The van der Waals surface area contributed by atoms with Crippen molar-refractivity contribution < 1.29 is 9.53 Å². The van der Waals surface area contributed by atoms with E-state index in [1.165, 1.54) is 0 Å². The van der Waals surface area contributed by atoms with Crippen molar-refractivity contribution in [3.63, 3.8) is 0 Å². The monoisotopic (exact) mass is 335 g/mol. The predicted octanol–water partition coefficient (Wildman–Crippen LogP) is 3.61. The highest BCUT2D eigenvalue weighted by atomic mass is 35.5. The fourth-order valence-corrected chi connectivity index (χ4v) is 1.89. The lowest BCUT2D eigenvalue weighted by Gasteiger charge is -2.17. The summed E-state index contributed by atoms with van der Waals surface area (Å²) in [5, 5.41) is 2.82. The van der Waals surface area contributed by atoms with Crippen LogP contribution in [-0.4, -0.2) is 16.9 Å². The Labute approximate surface area is 142 Å². The minimum absolute atomic E-state index is 0. The molecule has 1 aromatic carbocycles. The summed E-state index contributed by atoms with van der Waals surface area (Å²) >= 11 is 0. The number of carbonyl (C=O) groups excluding carboxylic acids is 1. The van der Waals surface area contributed by atoms with Crippen LogP contribution >= 0.6 is 12.4 Å². The van der Waals surface area contributed by atoms with Gasteiger partial charge in [0.05, 0.1) is 6.04 Å². The Morgan fingerprint density at radius 3 is 2.30 bits per heavy atom. The maximum absolute atomic E-state index is 12.0. The summed E-state index contributed by atoms with van der Waals surface area (Å²) in [5.74, 6) is 1.38. The highest BCUT2D eigenvalue weighted by Crippen LogP contribution is 2.22. The first-order valence-electron chi connectivity index (χ1n) is 7.34. The lowest BCUT2D eigenvalue weighted by atomic mass is 9.99. The largest absolute Gasteiger partial charge is 0.457 e. The fourth-order valence-electron chi connectivity index (χ4n) is 1.89. The van der Waals surface area contributed by atoms with E-state index in [1.54, 1.807) is 48.8 Å². The minimum Gasteiger partial charge on any atom is -0.457 e. The van der Waals surface area contributed by atoms with Crippen LogP contribution in [0.2, 0.25) is 0 Å². The van der Waals surface area contributed by atoms with Crippen molar-refractivity contribution in [2.24, 2.45) is 11.7 Å². The maximum Gasteiger partial charge on any atom is 0.241 e. The molecule has 0 fully saturated rings. The van der Waals surface area contributed by atoms with Crippen LogP contribution < -0.4 is 15.8 Å². The van der Waals surface area contributed by atoms with Crippen molar-refractivity contribution in [1.29, 1.82) is 0 Å². The van der Waals surface area contributed by atoms with Gasteiger partial charge in [0.25, 0.3) is 0 Å². The van der Waals surface area contributed by atoms with Crippen molar-refractivity contribution in [2.75, 3.05) is 5.32 Å². The van der Waals surface area contributed by atoms with Crippen LogP contribution in [0.3, 0.4) is 0 Å². The van der Waals surface area contributed by atoms with Gasteiger partial charge in [-0.05, 0) is 42.3 Å². The molecule has 2 unspecified atom stereocenters. The molecule has 2 aromatic rings. The topological polar surface area (TPSA) is 77.2 Å². The molecule has 0 saturated heterocycles. The summed E-state index contributed by atoms with van der Waals surface area (Å²) in [7, 11) is 0. The number of hydrogen-bond donors (Lipinski definition) is 2. The van der Waals surface area contributed by atoms with Crippen LogP contribution in [0.1, 0.15) is 20.3 Å². The molecule has 0 aliphatic heterocycles. The molecular formula is C17H22ClN3O2. The Hall–Kier alpha value is -2.11. The van der Waals surface area contributed by atoms with Gasteiger partial charge in [-0.15, -0.1) is 12.4 Å². The first kappa shape index (κ1) is 18.9. The van der Waals surface area contributed by atoms with Crippen molar-refractivity contribution in [3.8, 4) is 11.5 Å². The second-order valence-corrected chi connectivity index (χ2v) is 5.21. The van der Waals surface area contributed by atoms with Gasteiger partial charge in [0, 0.05) is 18.1 Å². The Balaban J connectivity index is 0.00000264. The molecule has 1 heterocycles. The van der Waals surface area contributed by atoms with Crippen LogP contribution in [0.5, 0.6) is 11.5 Å². The number of pyridine rings is 1. The van der Waals surface area contributed by atoms with Gasteiger partial charge < -0.3 is 15.8 Å². The molecule has 3 N–H and O–H groups in total. The molecule has 124 valence electrons. The molecule has 0 aliphatic rings. The van der Waals surface area contributed by atoms with Crippen LogP contribution in [0.15, 0.2) is 48.8 Å². The summed E-state index contributed by atoms with van der Waals surface area (Å²) < 4.78 is 5.66. The van der Waals surface area contributed by atoms with Gasteiger partial charge in [-0.3, -0.25) is 9.78 Å². The van der Waals surface area contributed by atoms with E-state index in [0.29, 0.717) is 17.2 Å². The Morgan fingerprint density at radius 2 is 1.74 bits per heavy atom. The predicted molar refractivity (Wildman–Crippen MR) is 94.1 cm³/mol. The molecule has 0 radical (unpaired) electrons. The SMILES string of the molecule is CCC(C)C(N)C(=O)Nc1ccc(Oc2ccncc2)cc1.Cl. The van der Waals surface area contributed by atoms with Crippen LogP contribution in [-0.2, 0) is 4.79 Å². The highest BCUT2D eigenvalue weighted by molar-refractivity contribution is 5.94. The maximum atomic E-state index is 12.0. The van der Waals surface area contributed by atoms with Crippen molar-refractivity contribution in [1.82, 2.24) is 4.98 Å². The van der Waals surface area contributed by atoms with E-state index >= 15 is 0 Å². The van der Waals surface area contributed by atoms with Gasteiger partial charge in [0.1, 0.15) is 11.5 Å². The number of aromatic nitrogens is 1. The molecular weight excluding hydrogens is 314 g/mol. The molecule has 0 aliphatic carbocycles. The number of amides is 1. The molecule has 23 heavy (non-hydrogen) atoms. The number of nitrogens with two attached hydrogens (primary N) is 1. The first-order valence-corrected chi connectivity index (χ1v) is 7.34. The fraction of sp³-hybridized carbons (Fsp3) is 0.294. The second-order valence-electron chi connectivity index (χ2n) is 5.21. The van der Waals surface area contributed by atoms with Gasteiger partial charge >= 0.3 is 0 Å². The van der Waals surface area contributed by atoms with Gasteiger partial charge in [-0.25, -0.2) is 0 Å². The number of carbonyl (C=O) groups is 1. The molecule has 0 bridgehead atoms. The smallest absolute Gasteiger partial charge is 0.241 e. The van der Waals surface area contributed by atoms with E-state index in [9.17, 15) is 4.79 Å². The Morgan fingerprint density at radius 1 is 1.17 bits per heavy atom. The van der Waals surface area contributed by atoms with E-state index in [1.807, 2.05) is 13.8 Å². The molecule has 6 heteroatoms. The summed E-state index contributed by atoms with van der Waals surface area (Å²) in [4.78, 5) is 15.9. The molecule has 2 atom stereocenters. The number of nitrogens with zero attached hydrogens (tertiary/aromatic N) is 1. The Bertz CT molecular complexity index is 605. The number of hydrogen-bond acceptors (Lipinski definition) is 4. The summed E-state index contributed by atoms with van der Waals surface area (Å²) in [6, 6.07) is 10.2. The third-order valence-electron chi connectivity index (χ3n) is 3.57. The summed E-state index contributed by atoms with van der Waals surface area (Å²) in [5.41, 5.74) is 6.61. The number of halogens is 1. The van der Waals surface area contributed by atoms with Gasteiger partial charge in [0.2, 0.25) is 5.91 Å². The normalized spacial score (nSPS) is 12.7. The number of ether oxygens (including phenoxy) is 1. The average Bonchev–Trinajstić information content (AvgIpc) is 2.56. The third kappa shape index (κ3) is 5.54. The van der Waals surface area contributed by atoms with Crippen LogP contribution in [0.25, 0.3) is 0 Å². The molecule has 1 amide bonds. The zero-order chi connectivity index (χ0) is 15.9. The van der Waals surface area contributed by atoms with Gasteiger partial charge in [-0.2, -0.15) is 0 Å². The number of rotatable bonds is 6. The highest BCUT2D eigenvalue weighted by Gasteiger charge is 2.19. The van der Waals surface area contributed by atoms with Crippen molar-refractivity contribution in [3.05, 3.63) is 48.8 Å². The van der Waals surface area contributed by atoms with Crippen LogP contribution in [0, 0.1) is 5.92 Å². The van der Waals surface area contributed by atoms with E-state index in [4.69, 9.17) is 10.5 Å². The van der Waals surface area contributed by atoms with E-state index in [-0.39, 0.29) is 24.2 Å². The summed E-state index contributed by atoms with van der Waals surface area (Å²) in [6.07, 6.45) is 4.20. The molecule has 2 rings (SSSR count). The van der Waals surface area contributed by atoms with E-state index in [2.05, 4.69) is 10.3 Å².